The standard InChI is InChI=1S/C10H13BrN2OS/c1-7(14)13-4-2-3-8(6-13)10-12-5-9(11)15-10/h5,8H,2-4,6H2,1H3. The van der Waals surface area contributed by atoms with E-state index in [1.165, 1.54) is 0 Å². The van der Waals surface area contributed by atoms with Gasteiger partial charge in [-0.1, -0.05) is 0 Å². The van der Waals surface area contributed by atoms with Crippen molar-refractivity contribution in [1.82, 2.24) is 9.88 Å². The number of amides is 1. The van der Waals surface area contributed by atoms with Crippen LogP contribution >= 0.6 is 27.3 Å². The van der Waals surface area contributed by atoms with Crippen molar-refractivity contribution < 1.29 is 4.79 Å². The summed E-state index contributed by atoms with van der Waals surface area (Å²) in [7, 11) is 0. The minimum Gasteiger partial charge on any atom is -0.342 e. The van der Waals surface area contributed by atoms with Crippen LogP contribution in [0.3, 0.4) is 0 Å². The van der Waals surface area contributed by atoms with Gasteiger partial charge in [-0.2, -0.15) is 0 Å². The van der Waals surface area contributed by atoms with Crippen molar-refractivity contribution in [3.8, 4) is 0 Å². The lowest BCUT2D eigenvalue weighted by atomic mass is 9.99. The summed E-state index contributed by atoms with van der Waals surface area (Å²) >= 11 is 5.09. The van der Waals surface area contributed by atoms with Crippen molar-refractivity contribution in [2.45, 2.75) is 25.7 Å². The summed E-state index contributed by atoms with van der Waals surface area (Å²) in [6.07, 6.45) is 4.07. The van der Waals surface area contributed by atoms with E-state index in [-0.39, 0.29) is 5.91 Å². The number of likely N-dealkylation sites (tertiary alicyclic amines) is 1. The lowest BCUT2D eigenvalue weighted by molar-refractivity contribution is -0.130. The molecule has 2 rings (SSSR count). The molecule has 1 fully saturated rings. The molecular formula is C10H13BrN2OS. The maximum absolute atomic E-state index is 11.3. The molecule has 2 heterocycles. The number of thiazole rings is 1. The van der Waals surface area contributed by atoms with Gasteiger partial charge in [0.2, 0.25) is 5.91 Å². The third-order valence-electron chi connectivity index (χ3n) is 2.71. The van der Waals surface area contributed by atoms with Crippen LogP contribution in [-0.2, 0) is 4.79 Å². The summed E-state index contributed by atoms with van der Waals surface area (Å²) < 4.78 is 1.07. The Hall–Kier alpha value is -0.420. The van der Waals surface area contributed by atoms with Crippen molar-refractivity contribution in [1.29, 1.82) is 0 Å². The highest BCUT2D eigenvalue weighted by atomic mass is 79.9. The van der Waals surface area contributed by atoms with Crippen molar-refractivity contribution in [3.05, 3.63) is 15.0 Å². The molecule has 0 saturated carbocycles. The number of halogens is 1. The van der Waals surface area contributed by atoms with E-state index < -0.39 is 0 Å². The molecule has 1 aromatic rings. The zero-order valence-electron chi connectivity index (χ0n) is 8.57. The van der Waals surface area contributed by atoms with E-state index in [0.717, 1.165) is 34.7 Å². The minimum absolute atomic E-state index is 0.176. The van der Waals surface area contributed by atoms with E-state index in [1.54, 1.807) is 18.3 Å². The molecule has 0 N–H and O–H groups in total. The van der Waals surface area contributed by atoms with E-state index in [0.29, 0.717) is 5.92 Å². The van der Waals surface area contributed by atoms with Gasteiger partial charge in [-0.3, -0.25) is 4.79 Å². The predicted molar refractivity (Wildman–Crippen MR) is 64.0 cm³/mol. The van der Waals surface area contributed by atoms with E-state index in [2.05, 4.69) is 20.9 Å². The summed E-state index contributed by atoms with van der Waals surface area (Å²) in [4.78, 5) is 17.6. The molecule has 1 saturated heterocycles. The SMILES string of the molecule is CC(=O)N1CCCC(c2ncc(Br)s2)C1. The van der Waals surface area contributed by atoms with Gasteiger partial charge in [-0.05, 0) is 28.8 Å². The number of piperidine rings is 1. The van der Waals surface area contributed by atoms with Gasteiger partial charge in [-0.25, -0.2) is 4.98 Å². The van der Waals surface area contributed by atoms with E-state index in [9.17, 15) is 4.79 Å². The monoisotopic (exact) mass is 288 g/mol. The summed E-state index contributed by atoms with van der Waals surface area (Å²) in [5.74, 6) is 0.606. The van der Waals surface area contributed by atoms with Crippen molar-refractivity contribution in [2.75, 3.05) is 13.1 Å². The number of aromatic nitrogens is 1. The zero-order chi connectivity index (χ0) is 10.8. The molecule has 1 aromatic heterocycles. The van der Waals surface area contributed by atoms with Crippen LogP contribution < -0.4 is 0 Å². The van der Waals surface area contributed by atoms with E-state index in [1.807, 2.05) is 11.1 Å². The molecular weight excluding hydrogens is 276 g/mol. The van der Waals surface area contributed by atoms with Crippen LogP contribution in [0.4, 0.5) is 0 Å². The average Bonchev–Trinajstić information content (AvgIpc) is 2.65. The Morgan fingerprint density at radius 1 is 1.73 bits per heavy atom. The molecule has 0 spiro atoms. The number of hydrogen-bond donors (Lipinski definition) is 0. The lowest BCUT2D eigenvalue weighted by Gasteiger charge is -2.30. The fraction of sp³-hybridized carbons (Fsp3) is 0.600. The van der Waals surface area contributed by atoms with Gasteiger partial charge >= 0.3 is 0 Å². The van der Waals surface area contributed by atoms with Crippen molar-refractivity contribution >= 4 is 33.2 Å². The Kier molecular flexibility index (Phi) is 3.41. The fourth-order valence-electron chi connectivity index (χ4n) is 1.92. The molecule has 1 amide bonds. The highest BCUT2D eigenvalue weighted by Crippen LogP contribution is 2.31. The number of carbonyl (C=O) groups is 1. The first kappa shape index (κ1) is 11.1. The molecule has 15 heavy (non-hydrogen) atoms. The second-order valence-corrected chi connectivity index (χ2v) is 6.25. The Morgan fingerprint density at radius 2 is 2.53 bits per heavy atom. The number of nitrogens with zero attached hydrogens (tertiary/aromatic N) is 2. The molecule has 0 aliphatic carbocycles. The van der Waals surface area contributed by atoms with Crippen LogP contribution in [0.5, 0.6) is 0 Å². The van der Waals surface area contributed by atoms with Crippen molar-refractivity contribution in [2.24, 2.45) is 0 Å². The van der Waals surface area contributed by atoms with Crippen LogP contribution in [0.2, 0.25) is 0 Å². The Balaban J connectivity index is 2.07. The van der Waals surface area contributed by atoms with Crippen LogP contribution in [0.1, 0.15) is 30.7 Å². The fourth-order valence-corrected chi connectivity index (χ4v) is 3.29. The van der Waals surface area contributed by atoms with Crippen molar-refractivity contribution in [3.63, 3.8) is 0 Å². The van der Waals surface area contributed by atoms with Crippen LogP contribution in [0.25, 0.3) is 0 Å². The number of rotatable bonds is 1. The summed E-state index contributed by atoms with van der Waals surface area (Å²) in [6.45, 7) is 3.37. The van der Waals surface area contributed by atoms with Gasteiger partial charge in [0.15, 0.2) is 0 Å². The molecule has 1 aliphatic heterocycles. The second-order valence-electron chi connectivity index (χ2n) is 3.81. The normalized spacial score (nSPS) is 21.7. The molecule has 0 aromatic carbocycles. The molecule has 82 valence electrons. The Morgan fingerprint density at radius 3 is 3.13 bits per heavy atom. The maximum Gasteiger partial charge on any atom is 0.219 e. The first-order chi connectivity index (χ1) is 7.16. The average molecular weight is 289 g/mol. The lowest BCUT2D eigenvalue weighted by Crippen LogP contribution is -2.37. The largest absolute Gasteiger partial charge is 0.342 e. The van der Waals surface area contributed by atoms with E-state index in [4.69, 9.17) is 0 Å². The molecule has 3 nitrogen and oxygen atoms in total. The highest BCUT2D eigenvalue weighted by Gasteiger charge is 2.24. The molecule has 1 aliphatic rings. The van der Waals surface area contributed by atoms with Gasteiger partial charge in [0, 0.05) is 25.9 Å². The molecule has 0 bridgehead atoms. The van der Waals surface area contributed by atoms with Crippen LogP contribution in [0.15, 0.2) is 9.98 Å². The van der Waals surface area contributed by atoms with E-state index >= 15 is 0 Å². The quantitative estimate of drug-likeness (QED) is 0.796. The number of carbonyl (C=O) groups excluding carboxylic acids is 1. The van der Waals surface area contributed by atoms with Gasteiger partial charge in [0.25, 0.3) is 0 Å². The smallest absolute Gasteiger partial charge is 0.219 e. The topological polar surface area (TPSA) is 33.2 Å². The first-order valence-corrected chi connectivity index (χ1v) is 6.64. The van der Waals surface area contributed by atoms with Gasteiger partial charge in [0.05, 0.1) is 15.0 Å². The summed E-state index contributed by atoms with van der Waals surface area (Å²) in [5.41, 5.74) is 0. The van der Waals surface area contributed by atoms with Gasteiger partial charge < -0.3 is 4.90 Å². The minimum atomic E-state index is 0.176. The number of hydrogen-bond acceptors (Lipinski definition) is 3. The summed E-state index contributed by atoms with van der Waals surface area (Å²) in [6, 6.07) is 0. The molecule has 0 radical (unpaired) electrons. The molecule has 5 heteroatoms. The van der Waals surface area contributed by atoms with Crippen LogP contribution in [0, 0.1) is 0 Å². The predicted octanol–water partition coefficient (Wildman–Crippen LogP) is 2.63. The van der Waals surface area contributed by atoms with Crippen LogP contribution in [-0.4, -0.2) is 28.9 Å². The van der Waals surface area contributed by atoms with Gasteiger partial charge in [0.1, 0.15) is 0 Å². The third-order valence-corrected chi connectivity index (χ3v) is 4.35. The Labute approximate surface area is 102 Å². The second kappa shape index (κ2) is 4.61. The molecule has 1 atom stereocenters. The zero-order valence-corrected chi connectivity index (χ0v) is 11.0. The third kappa shape index (κ3) is 2.58. The highest BCUT2D eigenvalue weighted by molar-refractivity contribution is 9.11. The maximum atomic E-state index is 11.3. The summed E-state index contributed by atoms with van der Waals surface area (Å²) in [5, 5.41) is 1.15. The molecule has 1 unspecified atom stereocenters. The Bertz CT molecular complexity index is 366. The van der Waals surface area contributed by atoms with Gasteiger partial charge in [-0.15, -0.1) is 11.3 Å². The first-order valence-electron chi connectivity index (χ1n) is 5.03.